The van der Waals surface area contributed by atoms with Crippen LogP contribution in [0.2, 0.25) is 0 Å². The van der Waals surface area contributed by atoms with Gasteiger partial charge in [-0.15, -0.1) is 0 Å². The number of methoxy groups -OCH3 is 1. The van der Waals surface area contributed by atoms with Crippen LogP contribution in [-0.2, 0) is 16.1 Å². The number of hydrogen-bond acceptors (Lipinski definition) is 5. The molecule has 0 fully saturated rings. The van der Waals surface area contributed by atoms with Crippen molar-refractivity contribution in [3.8, 4) is 5.75 Å². The number of alkyl halides is 3. The third-order valence-electron chi connectivity index (χ3n) is 3.56. The molecule has 2 amide bonds. The highest BCUT2D eigenvalue weighted by molar-refractivity contribution is 5.99. The number of ether oxygens (including phenoxy) is 1. The molecule has 0 spiro atoms. The molecule has 1 heterocycles. The minimum Gasteiger partial charge on any atom is -0.490 e. The summed E-state index contributed by atoms with van der Waals surface area (Å²) in [5.41, 5.74) is -0.744. The Morgan fingerprint density at radius 2 is 1.96 bits per heavy atom. The van der Waals surface area contributed by atoms with E-state index in [-0.39, 0.29) is 21.9 Å². The van der Waals surface area contributed by atoms with Gasteiger partial charge in [-0.2, -0.15) is 13.2 Å². The van der Waals surface area contributed by atoms with Gasteiger partial charge in [0.2, 0.25) is 5.91 Å². The first-order valence-corrected chi connectivity index (χ1v) is 6.54. The molecule has 0 radical (unpaired) electrons. The summed E-state index contributed by atoms with van der Waals surface area (Å²) in [7, 11) is 2.43. The Bertz CT molecular complexity index is 720. The fourth-order valence-corrected chi connectivity index (χ4v) is 2.41. The first kappa shape index (κ1) is 17.5. The van der Waals surface area contributed by atoms with Crippen molar-refractivity contribution in [2.24, 2.45) is 0 Å². The van der Waals surface area contributed by atoms with Crippen molar-refractivity contribution in [2.45, 2.75) is 12.7 Å². The normalized spacial score (nSPS) is 15.0. The van der Waals surface area contributed by atoms with Crippen LogP contribution in [0.3, 0.4) is 0 Å². The van der Waals surface area contributed by atoms with Crippen molar-refractivity contribution < 1.29 is 32.4 Å². The van der Waals surface area contributed by atoms with E-state index in [0.29, 0.717) is 0 Å². The van der Waals surface area contributed by atoms with Gasteiger partial charge in [-0.05, 0) is 12.1 Å². The molecule has 0 aromatic heterocycles. The van der Waals surface area contributed by atoms with Gasteiger partial charge in [0.05, 0.1) is 29.8 Å². The summed E-state index contributed by atoms with van der Waals surface area (Å²) in [4.78, 5) is 35.2. The number of nitrogens with zero attached hydrogens (tertiary/aromatic N) is 3. The zero-order chi connectivity index (χ0) is 18.2. The molecule has 0 saturated carbocycles. The molecule has 0 aliphatic carbocycles. The van der Waals surface area contributed by atoms with Crippen LogP contribution in [0.5, 0.6) is 5.75 Å². The van der Waals surface area contributed by atoms with Gasteiger partial charge in [0, 0.05) is 7.05 Å². The molecule has 130 valence electrons. The van der Waals surface area contributed by atoms with Gasteiger partial charge in [-0.3, -0.25) is 19.7 Å². The Morgan fingerprint density at radius 1 is 1.33 bits per heavy atom. The van der Waals surface area contributed by atoms with E-state index in [9.17, 15) is 32.9 Å². The number of nitro benzene ring substituents is 1. The van der Waals surface area contributed by atoms with Gasteiger partial charge in [0.1, 0.15) is 6.54 Å². The van der Waals surface area contributed by atoms with E-state index in [1.807, 2.05) is 0 Å². The number of hydrogen-bond donors (Lipinski definition) is 0. The molecule has 0 saturated heterocycles. The van der Waals surface area contributed by atoms with Crippen LogP contribution in [0, 0.1) is 10.1 Å². The number of carbonyl (C=O) groups excluding carboxylic acids is 2. The maximum atomic E-state index is 12.7. The molecule has 0 bridgehead atoms. The number of rotatable bonds is 2. The second kappa shape index (κ2) is 5.98. The minimum atomic E-state index is -5.20. The third kappa shape index (κ3) is 2.96. The van der Waals surface area contributed by atoms with Crippen LogP contribution < -0.4 is 9.64 Å². The summed E-state index contributed by atoms with van der Waals surface area (Å²) in [6.07, 6.45) is -5.20. The topological polar surface area (TPSA) is 93.0 Å². The maximum Gasteiger partial charge on any atom is 0.471 e. The molecule has 1 aromatic rings. The van der Waals surface area contributed by atoms with Gasteiger partial charge >= 0.3 is 17.8 Å². The first-order valence-electron chi connectivity index (χ1n) is 6.54. The molecule has 0 atom stereocenters. The second-order valence-corrected chi connectivity index (χ2v) is 4.98. The highest BCUT2D eigenvalue weighted by atomic mass is 19.4. The lowest BCUT2D eigenvalue weighted by Gasteiger charge is -2.21. The number of nitro groups is 1. The van der Waals surface area contributed by atoms with Crippen LogP contribution in [0.1, 0.15) is 5.56 Å². The van der Waals surface area contributed by atoms with Gasteiger partial charge < -0.3 is 14.5 Å². The van der Waals surface area contributed by atoms with Crippen molar-refractivity contribution in [2.75, 3.05) is 25.6 Å². The number of amides is 2. The molecule has 1 aromatic carbocycles. The lowest BCUT2D eigenvalue weighted by Crippen LogP contribution is -2.44. The SMILES string of the molecule is COc1ccc2c(c1[N+](=O)[O-])CN(C(=O)C(F)(F)F)CC(=O)N2C. The maximum absolute atomic E-state index is 12.7. The minimum absolute atomic E-state index is 0.0463. The van der Waals surface area contributed by atoms with Crippen molar-refractivity contribution >= 4 is 23.2 Å². The van der Waals surface area contributed by atoms with E-state index in [1.54, 1.807) is 0 Å². The Hall–Kier alpha value is -2.85. The molecule has 0 unspecified atom stereocenters. The predicted octanol–water partition coefficient (Wildman–Crippen LogP) is 1.47. The molecule has 24 heavy (non-hydrogen) atoms. The van der Waals surface area contributed by atoms with E-state index >= 15 is 0 Å². The van der Waals surface area contributed by atoms with Crippen molar-refractivity contribution in [1.29, 1.82) is 0 Å². The molecule has 2 rings (SSSR count). The lowest BCUT2D eigenvalue weighted by molar-refractivity contribution is -0.386. The average Bonchev–Trinajstić information content (AvgIpc) is 2.62. The lowest BCUT2D eigenvalue weighted by atomic mass is 10.1. The van der Waals surface area contributed by atoms with Crippen molar-refractivity contribution in [3.05, 3.63) is 27.8 Å². The summed E-state index contributed by atoms with van der Waals surface area (Å²) in [5, 5.41) is 11.3. The Morgan fingerprint density at radius 3 is 2.46 bits per heavy atom. The summed E-state index contributed by atoms with van der Waals surface area (Å²) in [5.74, 6) is -3.22. The molecule has 1 aliphatic rings. The van der Waals surface area contributed by atoms with Gasteiger partial charge in [0.15, 0.2) is 5.75 Å². The van der Waals surface area contributed by atoms with Gasteiger partial charge in [0.25, 0.3) is 0 Å². The highest BCUT2D eigenvalue weighted by Crippen LogP contribution is 2.39. The molecule has 0 N–H and O–H groups in total. The number of fused-ring (bicyclic) bond motifs is 1. The predicted molar refractivity (Wildman–Crippen MR) is 74.5 cm³/mol. The van der Waals surface area contributed by atoms with Crippen molar-refractivity contribution in [3.63, 3.8) is 0 Å². The van der Waals surface area contributed by atoms with Crippen LogP contribution in [0.25, 0.3) is 0 Å². The molecule has 1 aliphatic heterocycles. The van der Waals surface area contributed by atoms with E-state index < -0.39 is 41.7 Å². The number of anilines is 1. The Labute approximate surface area is 133 Å². The number of halogens is 3. The van der Waals surface area contributed by atoms with E-state index in [0.717, 1.165) is 4.90 Å². The summed E-state index contributed by atoms with van der Waals surface area (Å²) in [6.45, 7) is -1.58. The van der Waals surface area contributed by atoms with E-state index in [2.05, 4.69) is 0 Å². The number of carbonyl (C=O) groups is 2. The fraction of sp³-hybridized carbons (Fsp3) is 0.385. The van der Waals surface area contributed by atoms with E-state index in [1.165, 1.54) is 26.3 Å². The highest BCUT2D eigenvalue weighted by Gasteiger charge is 2.45. The molecule has 8 nitrogen and oxygen atoms in total. The number of benzene rings is 1. The Kier molecular flexibility index (Phi) is 4.36. The quantitative estimate of drug-likeness (QED) is 0.597. The summed E-state index contributed by atoms with van der Waals surface area (Å²) >= 11 is 0. The average molecular weight is 347 g/mol. The van der Waals surface area contributed by atoms with Gasteiger partial charge in [-0.25, -0.2) is 0 Å². The fourth-order valence-electron chi connectivity index (χ4n) is 2.41. The zero-order valence-electron chi connectivity index (χ0n) is 12.6. The zero-order valence-corrected chi connectivity index (χ0v) is 12.6. The standard InChI is InChI=1S/C13H12F3N3O5/c1-17-8-3-4-9(24-2)11(19(22)23)7(8)5-18(6-10(17)20)12(21)13(14,15)16/h3-4H,5-6H2,1-2H3. The molecular formula is C13H12F3N3O5. The third-order valence-corrected chi connectivity index (χ3v) is 3.56. The van der Waals surface area contributed by atoms with Crippen LogP contribution in [0.15, 0.2) is 12.1 Å². The van der Waals surface area contributed by atoms with Crippen LogP contribution in [0.4, 0.5) is 24.5 Å². The Balaban J connectivity index is 2.64. The van der Waals surface area contributed by atoms with Gasteiger partial charge in [-0.1, -0.05) is 0 Å². The largest absolute Gasteiger partial charge is 0.490 e. The second-order valence-electron chi connectivity index (χ2n) is 4.98. The van der Waals surface area contributed by atoms with Crippen LogP contribution >= 0.6 is 0 Å². The van der Waals surface area contributed by atoms with E-state index in [4.69, 9.17) is 4.74 Å². The van der Waals surface area contributed by atoms with Crippen molar-refractivity contribution in [1.82, 2.24) is 4.90 Å². The smallest absolute Gasteiger partial charge is 0.471 e. The molecule has 11 heteroatoms. The first-order chi connectivity index (χ1) is 11.1. The summed E-state index contributed by atoms with van der Waals surface area (Å²) < 4.78 is 43.0. The monoisotopic (exact) mass is 347 g/mol. The number of likely N-dealkylation sites (N-methyl/N-ethyl adjacent to an activating group) is 1. The van der Waals surface area contributed by atoms with Crippen LogP contribution in [-0.4, -0.2) is 48.5 Å². The molecular weight excluding hydrogens is 335 g/mol. The summed E-state index contributed by atoms with van der Waals surface area (Å²) in [6, 6.07) is 2.56.